The van der Waals surface area contributed by atoms with Gasteiger partial charge in [0.25, 0.3) is 0 Å². The average molecular weight is 266 g/mol. The lowest BCUT2D eigenvalue weighted by molar-refractivity contribution is 0.407. The molecule has 0 amide bonds. The molecule has 0 aliphatic rings. The molecule has 0 saturated carbocycles. The lowest BCUT2D eigenvalue weighted by Gasteiger charge is -2.07. The summed E-state index contributed by atoms with van der Waals surface area (Å²) in [6.45, 7) is 0.665. The van der Waals surface area contributed by atoms with Crippen LogP contribution in [0.4, 0.5) is 0 Å². The number of aryl methyl sites for hydroxylation is 1. The number of benzene rings is 1. The zero-order valence-electron chi connectivity index (χ0n) is 10.3. The Morgan fingerprint density at radius 1 is 1.33 bits per heavy atom. The van der Waals surface area contributed by atoms with Crippen molar-refractivity contribution in [1.29, 1.82) is 0 Å². The fourth-order valence-electron chi connectivity index (χ4n) is 1.79. The van der Waals surface area contributed by atoms with Crippen LogP contribution in [0.25, 0.3) is 0 Å². The number of aromatic nitrogens is 3. The summed E-state index contributed by atoms with van der Waals surface area (Å²) in [6.07, 6.45) is 3.75. The Hall–Kier alpha value is -1.55. The molecule has 0 atom stereocenters. The minimum absolute atomic E-state index is 0.652. The van der Waals surface area contributed by atoms with Gasteiger partial charge in [-0.3, -0.25) is 0 Å². The van der Waals surface area contributed by atoms with Gasteiger partial charge >= 0.3 is 0 Å². The van der Waals surface area contributed by atoms with Crippen LogP contribution in [-0.4, -0.2) is 28.0 Å². The van der Waals surface area contributed by atoms with Gasteiger partial charge in [-0.05, 0) is 18.9 Å². The number of methoxy groups -OCH3 is 1. The van der Waals surface area contributed by atoms with E-state index >= 15 is 0 Å². The van der Waals surface area contributed by atoms with Crippen LogP contribution in [0.5, 0.6) is 5.75 Å². The summed E-state index contributed by atoms with van der Waals surface area (Å²) in [7, 11) is 1.67. The van der Waals surface area contributed by atoms with Crippen LogP contribution in [0.15, 0.2) is 30.5 Å². The van der Waals surface area contributed by atoms with Crippen LogP contribution in [0, 0.1) is 0 Å². The Balaban J connectivity index is 2.06. The van der Waals surface area contributed by atoms with Crippen molar-refractivity contribution in [1.82, 2.24) is 15.0 Å². The summed E-state index contributed by atoms with van der Waals surface area (Å²) in [5.74, 6) is 1.52. The molecule has 1 aromatic heterocycles. The molecule has 1 aromatic carbocycles. The van der Waals surface area contributed by atoms with E-state index in [0.29, 0.717) is 12.4 Å². The first-order chi connectivity index (χ1) is 8.83. The normalized spacial score (nSPS) is 10.6. The molecule has 18 heavy (non-hydrogen) atoms. The largest absolute Gasteiger partial charge is 0.496 e. The molecule has 4 nitrogen and oxygen atoms in total. The molecule has 0 bridgehead atoms. The molecule has 0 radical (unpaired) electrons. The number of hydrogen-bond donors (Lipinski definition) is 0. The monoisotopic (exact) mass is 265 g/mol. The number of halogens is 1. The Morgan fingerprint density at radius 3 is 2.94 bits per heavy atom. The smallest absolute Gasteiger partial charge is 0.123 e. The molecule has 5 heteroatoms. The first-order valence-electron chi connectivity index (χ1n) is 5.90. The second-order valence-electron chi connectivity index (χ2n) is 4.01. The van der Waals surface area contributed by atoms with Crippen molar-refractivity contribution < 1.29 is 4.74 Å². The van der Waals surface area contributed by atoms with Gasteiger partial charge in [-0.2, -0.15) is 0 Å². The second kappa shape index (κ2) is 6.40. The highest BCUT2D eigenvalue weighted by molar-refractivity contribution is 6.17. The maximum atomic E-state index is 5.66. The summed E-state index contributed by atoms with van der Waals surface area (Å²) in [6, 6.07) is 7.92. The third-order valence-corrected chi connectivity index (χ3v) is 2.94. The van der Waals surface area contributed by atoms with Crippen molar-refractivity contribution >= 4 is 11.6 Å². The van der Waals surface area contributed by atoms with Crippen LogP contribution in [-0.2, 0) is 13.0 Å². The third-order valence-electron chi connectivity index (χ3n) is 2.68. The van der Waals surface area contributed by atoms with Gasteiger partial charge < -0.3 is 4.74 Å². The highest BCUT2D eigenvalue weighted by Crippen LogP contribution is 2.18. The molecule has 0 fully saturated rings. The van der Waals surface area contributed by atoms with Crippen molar-refractivity contribution in [3.05, 3.63) is 41.7 Å². The molecular formula is C13H16ClN3O. The number of para-hydroxylation sites is 1. The summed E-state index contributed by atoms with van der Waals surface area (Å²) >= 11 is 5.66. The molecule has 2 rings (SSSR count). The van der Waals surface area contributed by atoms with Gasteiger partial charge in [-0.1, -0.05) is 23.4 Å². The highest BCUT2D eigenvalue weighted by atomic mass is 35.5. The number of ether oxygens (including phenoxy) is 1. The molecule has 2 aromatic rings. The first-order valence-corrected chi connectivity index (χ1v) is 6.44. The second-order valence-corrected chi connectivity index (χ2v) is 4.39. The topological polar surface area (TPSA) is 39.9 Å². The molecule has 0 aliphatic carbocycles. The van der Waals surface area contributed by atoms with Crippen molar-refractivity contribution in [2.75, 3.05) is 13.0 Å². The standard InChI is InChI=1S/C13H16ClN3O/c1-18-13-7-3-2-5-11(13)9-17-10-12(15-16-17)6-4-8-14/h2-3,5,7,10H,4,6,8-9H2,1H3. The van der Waals surface area contributed by atoms with Crippen LogP contribution >= 0.6 is 11.6 Å². The van der Waals surface area contributed by atoms with E-state index in [9.17, 15) is 0 Å². The lowest BCUT2D eigenvalue weighted by atomic mass is 10.2. The lowest BCUT2D eigenvalue weighted by Crippen LogP contribution is -2.02. The maximum Gasteiger partial charge on any atom is 0.123 e. The van der Waals surface area contributed by atoms with Gasteiger partial charge in [0.15, 0.2) is 0 Å². The fraction of sp³-hybridized carbons (Fsp3) is 0.385. The van der Waals surface area contributed by atoms with Gasteiger partial charge in [0.05, 0.1) is 19.3 Å². The molecule has 1 heterocycles. The predicted molar refractivity (Wildman–Crippen MR) is 71.2 cm³/mol. The summed E-state index contributed by atoms with van der Waals surface area (Å²) in [4.78, 5) is 0. The molecule has 0 saturated heterocycles. The van der Waals surface area contributed by atoms with Gasteiger partial charge in [-0.25, -0.2) is 4.68 Å². The molecule has 96 valence electrons. The van der Waals surface area contributed by atoms with Crippen molar-refractivity contribution in [2.45, 2.75) is 19.4 Å². The van der Waals surface area contributed by atoms with Crippen LogP contribution in [0.1, 0.15) is 17.7 Å². The average Bonchev–Trinajstić information content (AvgIpc) is 2.84. The molecular weight excluding hydrogens is 250 g/mol. The van der Waals surface area contributed by atoms with Crippen LogP contribution in [0.3, 0.4) is 0 Å². The third kappa shape index (κ3) is 3.23. The zero-order chi connectivity index (χ0) is 12.8. The van der Waals surface area contributed by atoms with Crippen molar-refractivity contribution in [3.63, 3.8) is 0 Å². The van der Waals surface area contributed by atoms with E-state index in [4.69, 9.17) is 16.3 Å². The Kier molecular flexibility index (Phi) is 4.59. The number of hydrogen-bond acceptors (Lipinski definition) is 3. The van der Waals surface area contributed by atoms with Gasteiger partial charge in [-0.15, -0.1) is 16.7 Å². The van der Waals surface area contributed by atoms with Crippen LogP contribution in [0.2, 0.25) is 0 Å². The maximum absolute atomic E-state index is 5.66. The van der Waals surface area contributed by atoms with Gasteiger partial charge in [0, 0.05) is 17.6 Å². The summed E-state index contributed by atoms with van der Waals surface area (Å²) in [5.41, 5.74) is 2.07. The Bertz CT molecular complexity index is 498. The van der Waals surface area contributed by atoms with Gasteiger partial charge in [0.2, 0.25) is 0 Å². The number of rotatable bonds is 6. The van der Waals surface area contributed by atoms with Gasteiger partial charge in [0.1, 0.15) is 5.75 Å². The molecule has 0 aliphatic heterocycles. The van der Waals surface area contributed by atoms with E-state index in [-0.39, 0.29) is 0 Å². The zero-order valence-corrected chi connectivity index (χ0v) is 11.1. The van der Waals surface area contributed by atoms with Crippen molar-refractivity contribution in [3.8, 4) is 5.75 Å². The minimum atomic E-state index is 0.652. The van der Waals surface area contributed by atoms with E-state index in [1.54, 1.807) is 7.11 Å². The SMILES string of the molecule is COc1ccccc1Cn1cc(CCCCl)nn1. The highest BCUT2D eigenvalue weighted by Gasteiger charge is 2.05. The van der Waals surface area contributed by atoms with Crippen molar-refractivity contribution in [2.24, 2.45) is 0 Å². The minimum Gasteiger partial charge on any atom is -0.496 e. The molecule has 0 spiro atoms. The summed E-state index contributed by atoms with van der Waals surface area (Å²) < 4.78 is 7.13. The van der Waals surface area contributed by atoms with E-state index in [0.717, 1.165) is 29.8 Å². The molecule has 0 N–H and O–H groups in total. The Morgan fingerprint density at radius 2 is 2.17 bits per heavy atom. The van der Waals surface area contributed by atoms with E-state index < -0.39 is 0 Å². The van der Waals surface area contributed by atoms with Crippen LogP contribution < -0.4 is 4.74 Å². The number of alkyl halides is 1. The fourth-order valence-corrected chi connectivity index (χ4v) is 1.92. The van der Waals surface area contributed by atoms with E-state index in [1.807, 2.05) is 35.1 Å². The Labute approximate surface area is 112 Å². The predicted octanol–water partition coefficient (Wildman–Crippen LogP) is 2.51. The summed E-state index contributed by atoms with van der Waals surface area (Å²) in [5, 5.41) is 8.23. The molecule has 0 unspecified atom stereocenters. The van der Waals surface area contributed by atoms with E-state index in [2.05, 4.69) is 10.3 Å². The number of nitrogens with zero attached hydrogens (tertiary/aromatic N) is 3. The van der Waals surface area contributed by atoms with E-state index in [1.165, 1.54) is 0 Å². The first kappa shape index (κ1) is 12.9. The quantitative estimate of drug-likeness (QED) is 0.754.